The molecule has 0 saturated carbocycles. The van der Waals surface area contributed by atoms with Crippen molar-refractivity contribution in [2.75, 3.05) is 51.3 Å². The minimum Gasteiger partial charge on any atom is -0.366 e. The lowest BCUT2D eigenvalue weighted by atomic mass is 9.98. The molecule has 0 aliphatic carbocycles. The highest BCUT2D eigenvalue weighted by Gasteiger charge is 2.53. The van der Waals surface area contributed by atoms with Gasteiger partial charge < -0.3 is 24.8 Å². The summed E-state index contributed by atoms with van der Waals surface area (Å²) in [6.45, 7) is 5.83. The second-order valence-electron chi connectivity index (χ2n) is 11.1. The molecule has 3 fully saturated rings. The zero-order valence-electron chi connectivity index (χ0n) is 22.5. The number of likely N-dealkylation sites (tertiary alicyclic amines) is 1. The van der Waals surface area contributed by atoms with E-state index in [9.17, 15) is 23.2 Å². The number of fused-ring (bicyclic) bond motifs is 1. The molecule has 1 aromatic carbocycles. The summed E-state index contributed by atoms with van der Waals surface area (Å²) in [5, 5.41) is 2.26. The number of ketones is 1. The largest absolute Gasteiger partial charge is 0.366 e. The molecule has 1 aromatic heterocycles. The van der Waals surface area contributed by atoms with Crippen LogP contribution < -0.4 is 10.2 Å². The summed E-state index contributed by atoms with van der Waals surface area (Å²) in [4.78, 5) is 49.1. The molecule has 216 valence electrons. The van der Waals surface area contributed by atoms with Gasteiger partial charge in [-0.25, -0.2) is 9.37 Å². The molecule has 2 amide bonds. The average molecular weight is 596 g/mol. The summed E-state index contributed by atoms with van der Waals surface area (Å²) in [7, 11) is 2.04. The van der Waals surface area contributed by atoms with E-state index < -0.39 is 46.2 Å². The maximum atomic E-state index is 14.8. The normalized spacial score (nSPS) is 24.4. The third-order valence-electron chi connectivity index (χ3n) is 7.47. The van der Waals surface area contributed by atoms with Crippen LogP contribution in [0.25, 0.3) is 11.3 Å². The topological polar surface area (TPSA) is 95.1 Å². The van der Waals surface area contributed by atoms with E-state index in [4.69, 9.17) is 16.3 Å². The van der Waals surface area contributed by atoms with Crippen molar-refractivity contribution in [3.8, 4) is 11.3 Å². The number of amides is 2. The Labute approximate surface area is 240 Å². The Balaban J connectivity index is 1.30. The molecule has 1 N–H and O–H groups in total. The van der Waals surface area contributed by atoms with Gasteiger partial charge in [-0.2, -0.15) is 4.39 Å². The van der Waals surface area contributed by atoms with Crippen LogP contribution in [0.5, 0.6) is 0 Å². The molecule has 40 heavy (non-hydrogen) atoms. The summed E-state index contributed by atoms with van der Waals surface area (Å²) >= 11 is 7.31. The molecule has 4 heterocycles. The molecule has 4 atom stereocenters. The first kappa shape index (κ1) is 28.8. The van der Waals surface area contributed by atoms with Crippen LogP contribution in [0.15, 0.2) is 24.3 Å². The molecular formula is C27H32ClF2N5O4S. The lowest BCUT2D eigenvalue weighted by molar-refractivity contribution is -0.138. The van der Waals surface area contributed by atoms with Gasteiger partial charge in [0.25, 0.3) is 5.91 Å². The molecule has 13 heteroatoms. The molecule has 0 spiro atoms. The lowest BCUT2D eigenvalue weighted by Crippen LogP contribution is -2.53. The van der Waals surface area contributed by atoms with E-state index in [1.807, 2.05) is 7.05 Å². The van der Waals surface area contributed by atoms with Crippen molar-refractivity contribution in [3.63, 3.8) is 0 Å². The van der Waals surface area contributed by atoms with Crippen LogP contribution >= 0.6 is 22.9 Å². The van der Waals surface area contributed by atoms with Gasteiger partial charge in [0, 0.05) is 50.3 Å². The predicted molar refractivity (Wildman–Crippen MR) is 148 cm³/mol. The number of ether oxygens (including phenoxy) is 1. The number of hydrogen-bond donors (Lipinski definition) is 1. The highest BCUT2D eigenvalue weighted by molar-refractivity contribution is 7.14. The molecule has 5 rings (SSSR count). The SMILES string of the molecule is CN1CCN(c2nc(-c3ccc(C(=O)NC(CC(C)(C)F)C(=O)N4CC(Cl)C5OCC(=O)C54)cc3)c(F)s2)CC1. The minimum atomic E-state index is -1.78. The number of nitrogens with zero attached hydrogens (tertiary/aromatic N) is 4. The third-order valence-corrected chi connectivity index (χ3v) is 8.76. The van der Waals surface area contributed by atoms with Crippen LogP contribution in [0.2, 0.25) is 0 Å². The molecule has 2 aromatic rings. The molecule has 3 aliphatic rings. The quantitative estimate of drug-likeness (QED) is 0.492. The van der Waals surface area contributed by atoms with Gasteiger partial charge in [0.1, 0.15) is 36.2 Å². The summed E-state index contributed by atoms with van der Waals surface area (Å²) in [6.07, 6.45) is -0.923. The Morgan fingerprint density at radius 1 is 1.23 bits per heavy atom. The van der Waals surface area contributed by atoms with Gasteiger partial charge in [-0.1, -0.05) is 23.5 Å². The summed E-state index contributed by atoms with van der Waals surface area (Å²) in [5.74, 6) is -1.46. The molecule has 0 bridgehead atoms. The minimum absolute atomic E-state index is 0.0601. The Hall–Kier alpha value is -2.67. The zero-order chi connectivity index (χ0) is 28.8. The Morgan fingerprint density at radius 3 is 2.55 bits per heavy atom. The second kappa shape index (κ2) is 11.3. The van der Waals surface area contributed by atoms with E-state index in [0.29, 0.717) is 10.7 Å². The molecule has 0 radical (unpaired) electrons. The molecule has 3 aliphatic heterocycles. The number of halogens is 3. The maximum absolute atomic E-state index is 14.8. The van der Waals surface area contributed by atoms with Crippen LogP contribution in [0.1, 0.15) is 30.6 Å². The number of nitrogens with one attached hydrogen (secondary N) is 1. The van der Waals surface area contributed by atoms with Crippen molar-refractivity contribution in [1.29, 1.82) is 0 Å². The maximum Gasteiger partial charge on any atom is 0.251 e. The number of carbonyl (C=O) groups is 3. The number of hydrogen-bond acceptors (Lipinski definition) is 8. The first-order chi connectivity index (χ1) is 18.9. The van der Waals surface area contributed by atoms with Crippen molar-refractivity contribution in [3.05, 3.63) is 35.0 Å². The van der Waals surface area contributed by atoms with E-state index in [1.165, 1.54) is 30.9 Å². The number of carbonyl (C=O) groups excluding carboxylic acids is 3. The van der Waals surface area contributed by atoms with Crippen molar-refractivity contribution < 1.29 is 27.9 Å². The Kier molecular flexibility index (Phi) is 8.15. The van der Waals surface area contributed by atoms with E-state index in [-0.39, 0.29) is 36.6 Å². The molecule has 4 unspecified atom stereocenters. The standard InChI is InChI=1S/C27H32ClF2N5O4S/c1-27(2,30)12-18(25(38)35-13-17(28)22-21(35)19(36)14-39-22)31-24(37)16-6-4-15(5-7-16)20-23(29)40-26(32-20)34-10-8-33(3)9-11-34/h4-7,17-18,21-22H,8-14H2,1-3H3,(H,31,37). The van der Waals surface area contributed by atoms with Crippen molar-refractivity contribution >= 4 is 45.7 Å². The van der Waals surface area contributed by atoms with Crippen molar-refractivity contribution in [2.45, 2.75) is 49.5 Å². The Bertz CT molecular complexity index is 1280. The highest BCUT2D eigenvalue weighted by atomic mass is 35.5. The monoisotopic (exact) mass is 595 g/mol. The van der Waals surface area contributed by atoms with Crippen LogP contribution in [-0.4, -0.2) is 108 Å². The average Bonchev–Trinajstić information content (AvgIpc) is 3.58. The van der Waals surface area contributed by atoms with Crippen LogP contribution in [0.3, 0.4) is 0 Å². The number of anilines is 1. The fraction of sp³-hybridized carbons (Fsp3) is 0.556. The second-order valence-corrected chi connectivity index (χ2v) is 12.6. The fourth-order valence-electron chi connectivity index (χ4n) is 5.33. The summed E-state index contributed by atoms with van der Waals surface area (Å²) < 4.78 is 35.0. The van der Waals surface area contributed by atoms with Gasteiger partial charge in [-0.15, -0.1) is 11.6 Å². The number of rotatable bonds is 7. The summed E-state index contributed by atoms with van der Waals surface area (Å²) in [5.41, 5.74) is -0.848. The molecule has 9 nitrogen and oxygen atoms in total. The highest BCUT2D eigenvalue weighted by Crippen LogP contribution is 2.33. The van der Waals surface area contributed by atoms with E-state index in [0.717, 1.165) is 37.5 Å². The third kappa shape index (κ3) is 6.00. The predicted octanol–water partition coefficient (Wildman–Crippen LogP) is 2.72. The summed E-state index contributed by atoms with van der Waals surface area (Å²) in [6, 6.07) is 4.13. The van der Waals surface area contributed by atoms with Gasteiger partial charge in [-0.3, -0.25) is 14.4 Å². The number of Topliss-reactive ketones (excluding diaryl/α,β-unsaturated/α-hetero) is 1. The van der Waals surface area contributed by atoms with Crippen LogP contribution in [-0.2, 0) is 14.3 Å². The number of benzene rings is 1. The van der Waals surface area contributed by atoms with E-state index >= 15 is 0 Å². The molecule has 3 saturated heterocycles. The zero-order valence-corrected chi connectivity index (χ0v) is 24.1. The van der Waals surface area contributed by atoms with Gasteiger partial charge >= 0.3 is 0 Å². The van der Waals surface area contributed by atoms with E-state index in [2.05, 4.69) is 20.1 Å². The molecular weight excluding hydrogens is 564 g/mol. The van der Waals surface area contributed by atoms with Crippen LogP contribution in [0.4, 0.5) is 13.9 Å². The number of aromatic nitrogens is 1. The smallest absolute Gasteiger partial charge is 0.251 e. The first-order valence-corrected chi connectivity index (χ1v) is 14.5. The van der Waals surface area contributed by atoms with Crippen molar-refractivity contribution in [2.24, 2.45) is 0 Å². The number of thiazole rings is 1. The van der Waals surface area contributed by atoms with Crippen molar-refractivity contribution in [1.82, 2.24) is 20.1 Å². The van der Waals surface area contributed by atoms with E-state index in [1.54, 1.807) is 12.1 Å². The number of alkyl halides is 2. The van der Waals surface area contributed by atoms with Gasteiger partial charge in [0.2, 0.25) is 11.0 Å². The Morgan fingerprint density at radius 2 is 1.90 bits per heavy atom. The lowest BCUT2D eigenvalue weighted by Gasteiger charge is -2.31. The number of piperazine rings is 1. The van der Waals surface area contributed by atoms with Gasteiger partial charge in [0.05, 0.1) is 5.38 Å². The van der Waals surface area contributed by atoms with Crippen LogP contribution in [0, 0.1) is 5.13 Å². The number of likely N-dealkylation sites (N-methyl/N-ethyl adjacent to an activating group) is 1. The first-order valence-electron chi connectivity index (χ1n) is 13.2. The van der Waals surface area contributed by atoms with Gasteiger partial charge in [0.15, 0.2) is 10.9 Å². The van der Waals surface area contributed by atoms with Gasteiger partial charge in [-0.05, 0) is 33.0 Å². The fourth-order valence-corrected chi connectivity index (χ4v) is 6.56.